The molecule has 142 valence electrons. The molecule has 0 bridgehead atoms. The SMILES string of the molecule is O=C(Nc1nc(-c2ccccc2)ns1)C1CCCN1C(=O)Cc1ccccc1. The topological polar surface area (TPSA) is 75.2 Å². The second-order valence-corrected chi connectivity index (χ2v) is 7.44. The Hall–Kier alpha value is -3.06. The Kier molecular flexibility index (Phi) is 5.43. The minimum atomic E-state index is -0.458. The van der Waals surface area contributed by atoms with E-state index in [9.17, 15) is 9.59 Å². The Balaban J connectivity index is 1.41. The molecule has 2 heterocycles. The molecule has 1 atom stereocenters. The normalized spacial score (nSPS) is 16.1. The lowest BCUT2D eigenvalue weighted by Gasteiger charge is -2.23. The number of carbonyl (C=O) groups is 2. The van der Waals surface area contributed by atoms with Crippen LogP contribution >= 0.6 is 11.5 Å². The van der Waals surface area contributed by atoms with E-state index in [1.807, 2.05) is 60.7 Å². The minimum absolute atomic E-state index is 0.0221. The summed E-state index contributed by atoms with van der Waals surface area (Å²) in [7, 11) is 0. The summed E-state index contributed by atoms with van der Waals surface area (Å²) in [4.78, 5) is 31.5. The Morgan fingerprint density at radius 3 is 2.54 bits per heavy atom. The van der Waals surface area contributed by atoms with Crippen LogP contribution in [0.2, 0.25) is 0 Å². The Bertz CT molecular complexity index is 959. The highest BCUT2D eigenvalue weighted by Crippen LogP contribution is 2.23. The molecule has 4 rings (SSSR count). The maximum atomic E-state index is 12.8. The molecule has 1 unspecified atom stereocenters. The molecule has 0 aliphatic carbocycles. The van der Waals surface area contributed by atoms with E-state index < -0.39 is 6.04 Å². The van der Waals surface area contributed by atoms with E-state index in [0.29, 0.717) is 30.3 Å². The van der Waals surface area contributed by atoms with Gasteiger partial charge in [-0.25, -0.2) is 0 Å². The second kappa shape index (κ2) is 8.31. The first-order valence-corrected chi connectivity index (χ1v) is 10.0. The number of hydrogen-bond donors (Lipinski definition) is 1. The van der Waals surface area contributed by atoms with Crippen LogP contribution in [0, 0.1) is 0 Å². The van der Waals surface area contributed by atoms with E-state index in [4.69, 9.17) is 0 Å². The highest BCUT2D eigenvalue weighted by Gasteiger charge is 2.34. The predicted molar refractivity (Wildman–Crippen MR) is 109 cm³/mol. The first-order chi connectivity index (χ1) is 13.7. The summed E-state index contributed by atoms with van der Waals surface area (Å²) in [6, 6.07) is 18.8. The molecular weight excluding hydrogens is 372 g/mol. The highest BCUT2D eigenvalue weighted by atomic mass is 32.1. The van der Waals surface area contributed by atoms with E-state index in [1.165, 1.54) is 0 Å². The second-order valence-electron chi connectivity index (χ2n) is 6.69. The van der Waals surface area contributed by atoms with E-state index >= 15 is 0 Å². The van der Waals surface area contributed by atoms with E-state index in [0.717, 1.165) is 29.1 Å². The van der Waals surface area contributed by atoms with Gasteiger partial charge in [0.05, 0.1) is 6.42 Å². The monoisotopic (exact) mass is 392 g/mol. The Morgan fingerprint density at radius 1 is 1.07 bits per heavy atom. The molecule has 28 heavy (non-hydrogen) atoms. The van der Waals surface area contributed by atoms with Gasteiger partial charge >= 0.3 is 0 Å². The molecule has 1 aromatic heterocycles. The molecule has 6 nitrogen and oxygen atoms in total. The van der Waals surface area contributed by atoms with Crippen LogP contribution in [0.5, 0.6) is 0 Å². The number of likely N-dealkylation sites (tertiary alicyclic amines) is 1. The fourth-order valence-electron chi connectivity index (χ4n) is 3.38. The number of hydrogen-bond acceptors (Lipinski definition) is 5. The number of rotatable bonds is 5. The molecule has 0 saturated carbocycles. The van der Waals surface area contributed by atoms with Crippen LogP contribution in [0.25, 0.3) is 11.4 Å². The number of nitrogens with one attached hydrogen (secondary N) is 1. The van der Waals surface area contributed by atoms with Crippen molar-refractivity contribution >= 4 is 28.5 Å². The summed E-state index contributed by atoms with van der Waals surface area (Å²) in [6.45, 7) is 0.606. The zero-order valence-corrected chi connectivity index (χ0v) is 16.1. The third-order valence-corrected chi connectivity index (χ3v) is 5.39. The van der Waals surface area contributed by atoms with Crippen LogP contribution in [-0.4, -0.2) is 38.7 Å². The summed E-state index contributed by atoms with van der Waals surface area (Å²) in [5, 5.41) is 3.29. The molecule has 3 aromatic rings. The van der Waals surface area contributed by atoms with Gasteiger partial charge in [-0.3, -0.25) is 14.9 Å². The van der Waals surface area contributed by atoms with Gasteiger partial charge in [-0.1, -0.05) is 60.7 Å². The van der Waals surface area contributed by atoms with Gasteiger partial charge in [-0.15, -0.1) is 0 Å². The van der Waals surface area contributed by atoms with Gasteiger partial charge in [-0.05, 0) is 18.4 Å². The largest absolute Gasteiger partial charge is 0.330 e. The molecule has 0 spiro atoms. The van der Waals surface area contributed by atoms with Gasteiger partial charge in [0, 0.05) is 23.6 Å². The van der Waals surface area contributed by atoms with Gasteiger partial charge in [0.25, 0.3) is 0 Å². The third-order valence-electron chi connectivity index (χ3n) is 4.76. The number of nitrogens with zero attached hydrogens (tertiary/aromatic N) is 3. The molecule has 1 fully saturated rings. The van der Waals surface area contributed by atoms with E-state index in [2.05, 4.69) is 14.7 Å². The molecular formula is C21H20N4O2S. The highest BCUT2D eigenvalue weighted by molar-refractivity contribution is 7.10. The quantitative estimate of drug-likeness (QED) is 0.722. The number of benzene rings is 2. The van der Waals surface area contributed by atoms with Gasteiger partial charge in [0.15, 0.2) is 5.82 Å². The van der Waals surface area contributed by atoms with Crippen LogP contribution in [0.4, 0.5) is 5.13 Å². The van der Waals surface area contributed by atoms with Crippen molar-refractivity contribution in [2.75, 3.05) is 11.9 Å². The molecule has 0 radical (unpaired) electrons. The fraction of sp³-hybridized carbons (Fsp3) is 0.238. The Morgan fingerprint density at radius 2 is 1.79 bits per heavy atom. The van der Waals surface area contributed by atoms with Crippen molar-refractivity contribution in [3.05, 3.63) is 66.2 Å². The summed E-state index contributed by atoms with van der Waals surface area (Å²) < 4.78 is 4.31. The standard InChI is InChI=1S/C21H20N4O2S/c26-18(14-15-8-3-1-4-9-15)25-13-7-12-17(25)20(27)23-21-22-19(24-28-21)16-10-5-2-6-11-16/h1-6,8-11,17H,7,12-14H2,(H,22,23,24,27). The van der Waals surface area contributed by atoms with Crippen LogP contribution in [0.3, 0.4) is 0 Å². The third kappa shape index (κ3) is 4.09. The molecule has 1 aliphatic rings. The van der Waals surface area contributed by atoms with Crippen molar-refractivity contribution in [3.8, 4) is 11.4 Å². The van der Waals surface area contributed by atoms with Gasteiger partial charge in [0.2, 0.25) is 16.9 Å². The lowest BCUT2D eigenvalue weighted by molar-refractivity contribution is -0.136. The summed E-state index contributed by atoms with van der Waals surface area (Å²) in [5.41, 5.74) is 1.86. The van der Waals surface area contributed by atoms with Crippen molar-refractivity contribution in [1.82, 2.24) is 14.3 Å². The lowest BCUT2D eigenvalue weighted by atomic mass is 10.1. The maximum absolute atomic E-state index is 12.8. The molecule has 2 aromatic carbocycles. The van der Waals surface area contributed by atoms with Gasteiger partial charge < -0.3 is 4.90 Å². The summed E-state index contributed by atoms with van der Waals surface area (Å²) in [6.07, 6.45) is 1.79. The van der Waals surface area contributed by atoms with Crippen LogP contribution in [0.1, 0.15) is 18.4 Å². The zero-order chi connectivity index (χ0) is 19.3. The Labute approximate surface area is 167 Å². The molecule has 2 amide bonds. The van der Waals surface area contributed by atoms with Crippen LogP contribution < -0.4 is 5.32 Å². The number of anilines is 1. The van der Waals surface area contributed by atoms with Crippen molar-refractivity contribution in [2.45, 2.75) is 25.3 Å². The average molecular weight is 392 g/mol. The fourth-order valence-corrected chi connectivity index (χ4v) is 3.97. The lowest BCUT2D eigenvalue weighted by Crippen LogP contribution is -2.43. The first-order valence-electron chi connectivity index (χ1n) is 9.24. The summed E-state index contributed by atoms with van der Waals surface area (Å²) in [5.74, 6) is 0.366. The summed E-state index contributed by atoms with van der Waals surface area (Å²) >= 11 is 1.15. The smallest absolute Gasteiger partial charge is 0.248 e. The van der Waals surface area contributed by atoms with Gasteiger partial charge in [-0.2, -0.15) is 9.36 Å². The molecule has 1 aliphatic heterocycles. The van der Waals surface area contributed by atoms with Crippen molar-refractivity contribution in [1.29, 1.82) is 0 Å². The number of carbonyl (C=O) groups excluding carboxylic acids is 2. The molecule has 1 N–H and O–H groups in total. The van der Waals surface area contributed by atoms with Crippen molar-refractivity contribution < 1.29 is 9.59 Å². The van der Waals surface area contributed by atoms with E-state index in [1.54, 1.807) is 4.90 Å². The van der Waals surface area contributed by atoms with Gasteiger partial charge in [0.1, 0.15) is 6.04 Å². The van der Waals surface area contributed by atoms with Crippen LogP contribution in [0.15, 0.2) is 60.7 Å². The van der Waals surface area contributed by atoms with Crippen molar-refractivity contribution in [3.63, 3.8) is 0 Å². The maximum Gasteiger partial charge on any atom is 0.248 e. The zero-order valence-electron chi connectivity index (χ0n) is 15.2. The predicted octanol–water partition coefficient (Wildman–Crippen LogP) is 3.38. The molecule has 1 saturated heterocycles. The average Bonchev–Trinajstić information content (AvgIpc) is 3.39. The van der Waals surface area contributed by atoms with Crippen molar-refractivity contribution in [2.24, 2.45) is 0 Å². The first kappa shape index (κ1) is 18.3. The van der Waals surface area contributed by atoms with Crippen LogP contribution in [-0.2, 0) is 16.0 Å². The number of aromatic nitrogens is 2. The van der Waals surface area contributed by atoms with E-state index in [-0.39, 0.29) is 11.8 Å². The number of amides is 2. The molecule has 7 heteroatoms. The minimum Gasteiger partial charge on any atom is -0.330 e.